The number of rotatable bonds is 4. The second-order valence-corrected chi connectivity index (χ2v) is 7.87. The maximum Gasteiger partial charge on any atom is 0.248 e. The zero-order chi connectivity index (χ0) is 16.6. The second-order valence-electron chi connectivity index (χ2n) is 7.87. The fraction of sp³-hybridized carbons (Fsp3) is 0.889. The lowest BCUT2D eigenvalue weighted by molar-refractivity contribution is -0.204. The molecule has 1 aliphatic carbocycles. The lowest BCUT2D eigenvalue weighted by Crippen LogP contribution is -2.68. The van der Waals surface area contributed by atoms with E-state index in [9.17, 15) is 9.59 Å². The van der Waals surface area contributed by atoms with Crippen LogP contribution in [0.5, 0.6) is 0 Å². The SMILES string of the molecule is O=C(CO[C@H]1CCOC2(C1)CN(C(=O)C1CCC1)C2)N1CCCC1. The van der Waals surface area contributed by atoms with Crippen LogP contribution < -0.4 is 0 Å². The third-order valence-corrected chi connectivity index (χ3v) is 6.07. The molecule has 2 amide bonds. The summed E-state index contributed by atoms with van der Waals surface area (Å²) < 4.78 is 11.9. The second kappa shape index (κ2) is 6.64. The van der Waals surface area contributed by atoms with E-state index in [1.807, 2.05) is 9.80 Å². The molecule has 0 aromatic heterocycles. The first kappa shape index (κ1) is 16.3. The van der Waals surface area contributed by atoms with Crippen molar-refractivity contribution in [3.8, 4) is 0 Å². The van der Waals surface area contributed by atoms with Crippen LogP contribution in [-0.2, 0) is 19.1 Å². The number of carbonyl (C=O) groups excluding carboxylic acids is 2. The zero-order valence-electron chi connectivity index (χ0n) is 14.4. The van der Waals surface area contributed by atoms with Gasteiger partial charge in [0, 0.05) is 32.0 Å². The average molecular weight is 336 g/mol. The van der Waals surface area contributed by atoms with Gasteiger partial charge in [-0.05, 0) is 32.1 Å². The first-order valence-corrected chi connectivity index (χ1v) is 9.47. The van der Waals surface area contributed by atoms with Crippen molar-refractivity contribution in [2.75, 3.05) is 39.4 Å². The molecule has 4 rings (SSSR count). The minimum absolute atomic E-state index is 0.0752. The number of ether oxygens (including phenoxy) is 2. The summed E-state index contributed by atoms with van der Waals surface area (Å²) in [5, 5.41) is 0. The van der Waals surface area contributed by atoms with Crippen LogP contribution in [0.4, 0.5) is 0 Å². The summed E-state index contributed by atoms with van der Waals surface area (Å²) in [7, 11) is 0. The van der Waals surface area contributed by atoms with Crippen molar-refractivity contribution >= 4 is 11.8 Å². The Kier molecular flexibility index (Phi) is 4.52. The molecule has 3 heterocycles. The summed E-state index contributed by atoms with van der Waals surface area (Å²) in [4.78, 5) is 28.2. The fourth-order valence-electron chi connectivity index (χ4n) is 4.31. The molecule has 6 heteroatoms. The Morgan fingerprint density at radius 2 is 1.79 bits per heavy atom. The van der Waals surface area contributed by atoms with Crippen LogP contribution >= 0.6 is 0 Å². The molecule has 0 bridgehead atoms. The number of nitrogens with zero attached hydrogens (tertiary/aromatic N) is 2. The Labute approximate surface area is 143 Å². The molecule has 3 saturated heterocycles. The molecule has 0 aromatic rings. The molecule has 1 saturated carbocycles. The van der Waals surface area contributed by atoms with Gasteiger partial charge in [0.2, 0.25) is 11.8 Å². The van der Waals surface area contributed by atoms with Gasteiger partial charge in [0.25, 0.3) is 0 Å². The Morgan fingerprint density at radius 1 is 1.04 bits per heavy atom. The van der Waals surface area contributed by atoms with Crippen molar-refractivity contribution in [3.63, 3.8) is 0 Å². The first-order valence-electron chi connectivity index (χ1n) is 9.47. The van der Waals surface area contributed by atoms with Crippen LogP contribution in [0.2, 0.25) is 0 Å². The number of amides is 2. The smallest absolute Gasteiger partial charge is 0.248 e. The highest BCUT2D eigenvalue weighted by molar-refractivity contribution is 5.80. The summed E-state index contributed by atoms with van der Waals surface area (Å²) in [5.41, 5.74) is -0.223. The molecule has 4 aliphatic rings. The molecule has 1 spiro atoms. The van der Waals surface area contributed by atoms with E-state index in [4.69, 9.17) is 9.47 Å². The van der Waals surface area contributed by atoms with E-state index in [-0.39, 0.29) is 30.1 Å². The van der Waals surface area contributed by atoms with Gasteiger partial charge in [-0.25, -0.2) is 0 Å². The predicted octanol–water partition coefficient (Wildman–Crippen LogP) is 1.19. The average Bonchev–Trinajstić information content (AvgIpc) is 3.03. The lowest BCUT2D eigenvalue weighted by Gasteiger charge is -2.54. The van der Waals surface area contributed by atoms with E-state index in [1.54, 1.807) is 0 Å². The number of hydrogen-bond donors (Lipinski definition) is 0. The molecule has 0 unspecified atom stereocenters. The number of carbonyl (C=O) groups is 2. The molecule has 0 radical (unpaired) electrons. The van der Waals surface area contributed by atoms with Gasteiger partial charge in [0.15, 0.2) is 0 Å². The Balaban J connectivity index is 1.23. The van der Waals surface area contributed by atoms with Crippen LogP contribution in [-0.4, -0.2) is 72.7 Å². The molecule has 134 valence electrons. The van der Waals surface area contributed by atoms with E-state index in [2.05, 4.69) is 0 Å². The van der Waals surface area contributed by atoms with E-state index < -0.39 is 0 Å². The first-order chi connectivity index (χ1) is 11.7. The van der Waals surface area contributed by atoms with Gasteiger partial charge in [0.05, 0.1) is 19.2 Å². The van der Waals surface area contributed by atoms with Crippen LogP contribution in [0.25, 0.3) is 0 Å². The monoisotopic (exact) mass is 336 g/mol. The summed E-state index contributed by atoms with van der Waals surface area (Å²) >= 11 is 0. The van der Waals surface area contributed by atoms with Gasteiger partial charge in [-0.2, -0.15) is 0 Å². The van der Waals surface area contributed by atoms with Gasteiger partial charge < -0.3 is 19.3 Å². The summed E-state index contributed by atoms with van der Waals surface area (Å²) in [6.45, 7) is 3.99. The maximum absolute atomic E-state index is 12.3. The maximum atomic E-state index is 12.3. The van der Waals surface area contributed by atoms with Crippen molar-refractivity contribution in [2.45, 2.75) is 56.7 Å². The Morgan fingerprint density at radius 3 is 2.46 bits per heavy atom. The van der Waals surface area contributed by atoms with Crippen molar-refractivity contribution in [1.29, 1.82) is 0 Å². The summed E-state index contributed by atoms with van der Waals surface area (Å²) in [6.07, 6.45) is 7.22. The topological polar surface area (TPSA) is 59.1 Å². The minimum Gasteiger partial charge on any atom is -0.371 e. The van der Waals surface area contributed by atoms with E-state index >= 15 is 0 Å². The molecule has 1 atom stereocenters. The number of likely N-dealkylation sites (tertiary alicyclic amines) is 2. The van der Waals surface area contributed by atoms with Gasteiger partial charge in [0.1, 0.15) is 12.2 Å². The normalized spacial score (nSPS) is 29.4. The highest BCUT2D eigenvalue weighted by atomic mass is 16.5. The zero-order valence-corrected chi connectivity index (χ0v) is 14.4. The van der Waals surface area contributed by atoms with Crippen LogP contribution in [0, 0.1) is 5.92 Å². The highest BCUT2D eigenvalue weighted by Crippen LogP contribution is 2.38. The van der Waals surface area contributed by atoms with E-state index in [1.165, 1.54) is 6.42 Å². The third kappa shape index (κ3) is 3.18. The van der Waals surface area contributed by atoms with E-state index in [0.717, 1.165) is 51.6 Å². The molecule has 4 fully saturated rings. The molecular formula is C18H28N2O4. The molecular weight excluding hydrogens is 308 g/mol. The van der Waals surface area contributed by atoms with Gasteiger partial charge >= 0.3 is 0 Å². The van der Waals surface area contributed by atoms with Gasteiger partial charge in [-0.15, -0.1) is 0 Å². The minimum atomic E-state index is -0.223. The quantitative estimate of drug-likeness (QED) is 0.774. The summed E-state index contributed by atoms with van der Waals surface area (Å²) in [6, 6.07) is 0. The molecule has 0 aromatic carbocycles. The van der Waals surface area contributed by atoms with Crippen molar-refractivity contribution < 1.29 is 19.1 Å². The number of hydrogen-bond acceptors (Lipinski definition) is 4. The van der Waals surface area contributed by atoms with Crippen molar-refractivity contribution in [2.24, 2.45) is 5.92 Å². The third-order valence-electron chi connectivity index (χ3n) is 6.07. The molecule has 24 heavy (non-hydrogen) atoms. The Bertz CT molecular complexity index is 493. The van der Waals surface area contributed by atoms with Gasteiger partial charge in [-0.1, -0.05) is 6.42 Å². The molecule has 0 N–H and O–H groups in total. The van der Waals surface area contributed by atoms with Gasteiger partial charge in [-0.3, -0.25) is 9.59 Å². The van der Waals surface area contributed by atoms with Crippen LogP contribution in [0.3, 0.4) is 0 Å². The predicted molar refractivity (Wildman–Crippen MR) is 87.4 cm³/mol. The van der Waals surface area contributed by atoms with Crippen molar-refractivity contribution in [1.82, 2.24) is 9.80 Å². The highest BCUT2D eigenvalue weighted by Gasteiger charge is 2.50. The Hall–Kier alpha value is -1.14. The van der Waals surface area contributed by atoms with E-state index in [0.29, 0.717) is 25.6 Å². The lowest BCUT2D eigenvalue weighted by atomic mass is 9.80. The van der Waals surface area contributed by atoms with Crippen molar-refractivity contribution in [3.05, 3.63) is 0 Å². The van der Waals surface area contributed by atoms with Crippen LogP contribution in [0.1, 0.15) is 44.9 Å². The van der Waals surface area contributed by atoms with Crippen LogP contribution in [0.15, 0.2) is 0 Å². The largest absolute Gasteiger partial charge is 0.371 e. The molecule has 6 nitrogen and oxygen atoms in total. The molecule has 3 aliphatic heterocycles. The summed E-state index contributed by atoms with van der Waals surface area (Å²) in [5.74, 6) is 0.683. The fourth-order valence-corrected chi connectivity index (χ4v) is 4.31. The standard InChI is InChI=1S/C18H28N2O4/c21-16(19-7-1-2-8-19)11-23-15-6-9-24-18(10-15)12-20(13-18)17(22)14-4-3-5-14/h14-15H,1-13H2/t15-/m0/s1.